The molecule has 1 heterocycles. The van der Waals surface area contributed by atoms with Gasteiger partial charge < -0.3 is 14.8 Å². The van der Waals surface area contributed by atoms with Crippen molar-refractivity contribution in [3.8, 4) is 0 Å². The first-order valence-electron chi connectivity index (χ1n) is 6.42. The van der Waals surface area contributed by atoms with E-state index in [1.807, 2.05) is 19.1 Å². The highest BCUT2D eigenvalue weighted by Gasteiger charge is 2.28. The first kappa shape index (κ1) is 15.6. The number of rotatable bonds is 4. The number of furan rings is 1. The number of carbonyl (C=O) groups is 2. The summed E-state index contributed by atoms with van der Waals surface area (Å²) >= 11 is 3.39. The average molecular weight is 354 g/mol. The van der Waals surface area contributed by atoms with Gasteiger partial charge in [0.2, 0.25) is 0 Å². The molecule has 0 aliphatic heterocycles. The zero-order chi connectivity index (χ0) is 15.8. The van der Waals surface area contributed by atoms with Crippen LogP contribution in [0.4, 0.5) is 0 Å². The lowest BCUT2D eigenvalue weighted by molar-refractivity contribution is -0.146. The Hall–Kier alpha value is -1.82. The third-order valence-corrected chi connectivity index (χ3v) is 3.72. The van der Waals surface area contributed by atoms with E-state index >= 15 is 0 Å². The lowest BCUT2D eigenvalue weighted by Gasteiger charge is -2.18. The molecule has 0 aliphatic rings. The molecule has 2 aromatic rings. The number of halogens is 1. The molecule has 0 unspecified atom stereocenters. The van der Waals surface area contributed by atoms with Crippen molar-refractivity contribution in [1.82, 2.24) is 5.32 Å². The highest BCUT2D eigenvalue weighted by molar-refractivity contribution is 9.10. The molecule has 21 heavy (non-hydrogen) atoms. The first-order valence-corrected chi connectivity index (χ1v) is 7.21. The average Bonchev–Trinajstić information content (AvgIpc) is 2.80. The van der Waals surface area contributed by atoms with Crippen LogP contribution in [-0.2, 0) is 4.79 Å². The Morgan fingerprint density at radius 3 is 2.62 bits per heavy atom. The molecule has 2 N–H and O–H groups in total. The molecule has 1 aromatic carbocycles. The van der Waals surface area contributed by atoms with Crippen molar-refractivity contribution in [2.75, 3.05) is 6.54 Å². The summed E-state index contributed by atoms with van der Waals surface area (Å²) in [6.45, 7) is 5.03. The number of aryl methyl sites for hydroxylation is 1. The van der Waals surface area contributed by atoms with Crippen molar-refractivity contribution in [1.29, 1.82) is 0 Å². The Morgan fingerprint density at radius 2 is 2.00 bits per heavy atom. The Bertz CT molecular complexity index is 718. The number of fused-ring (bicyclic) bond motifs is 1. The van der Waals surface area contributed by atoms with Gasteiger partial charge in [-0.1, -0.05) is 15.9 Å². The lowest BCUT2D eigenvalue weighted by atomic mass is 9.94. The molecule has 1 amide bonds. The Morgan fingerprint density at radius 1 is 1.33 bits per heavy atom. The van der Waals surface area contributed by atoms with Crippen molar-refractivity contribution >= 4 is 38.8 Å². The third kappa shape index (κ3) is 3.26. The smallest absolute Gasteiger partial charge is 0.310 e. The zero-order valence-corrected chi connectivity index (χ0v) is 13.6. The fourth-order valence-electron chi connectivity index (χ4n) is 1.86. The molecule has 112 valence electrons. The number of nitrogens with one attached hydrogen (secondary N) is 1. The number of benzene rings is 1. The number of carboxylic acid groups (broad SMARTS) is 1. The van der Waals surface area contributed by atoms with E-state index in [-0.39, 0.29) is 12.3 Å². The number of hydrogen-bond acceptors (Lipinski definition) is 3. The fourth-order valence-corrected chi connectivity index (χ4v) is 2.45. The zero-order valence-electron chi connectivity index (χ0n) is 12.0. The van der Waals surface area contributed by atoms with Gasteiger partial charge in [0.05, 0.1) is 5.41 Å². The minimum atomic E-state index is -1.03. The molecule has 0 radical (unpaired) electrons. The molecule has 0 spiro atoms. The molecule has 6 heteroatoms. The van der Waals surface area contributed by atoms with Crippen LogP contribution in [0, 0.1) is 12.3 Å². The topological polar surface area (TPSA) is 79.5 Å². The number of aliphatic carboxylic acids is 1. The Kier molecular flexibility index (Phi) is 4.09. The predicted octanol–water partition coefficient (Wildman–Crippen LogP) is 3.34. The first-order chi connectivity index (χ1) is 9.70. The van der Waals surface area contributed by atoms with E-state index in [9.17, 15) is 9.59 Å². The molecule has 5 nitrogen and oxygen atoms in total. The van der Waals surface area contributed by atoms with E-state index in [1.165, 1.54) is 0 Å². The SMILES string of the molecule is Cc1cc(Br)cc2cc(C(=O)NCC(C)(C)C(=O)O)oc12. The molecule has 1 aromatic heterocycles. The van der Waals surface area contributed by atoms with Gasteiger partial charge in [0.15, 0.2) is 5.76 Å². The van der Waals surface area contributed by atoms with Gasteiger partial charge in [-0.2, -0.15) is 0 Å². The second-order valence-electron chi connectivity index (χ2n) is 5.62. The number of hydrogen-bond donors (Lipinski definition) is 2. The molecule has 0 saturated heterocycles. The molecule has 0 fully saturated rings. The number of carbonyl (C=O) groups excluding carboxylic acids is 1. The van der Waals surface area contributed by atoms with E-state index in [0.717, 1.165) is 15.4 Å². The third-order valence-electron chi connectivity index (χ3n) is 3.26. The molecule has 0 aliphatic carbocycles. The van der Waals surface area contributed by atoms with E-state index in [4.69, 9.17) is 9.52 Å². The van der Waals surface area contributed by atoms with E-state index in [0.29, 0.717) is 5.58 Å². The summed E-state index contributed by atoms with van der Waals surface area (Å²) in [5.41, 5.74) is 0.547. The minimum Gasteiger partial charge on any atom is -0.481 e. The van der Waals surface area contributed by atoms with Gasteiger partial charge in [0.1, 0.15) is 5.58 Å². The van der Waals surface area contributed by atoms with Gasteiger partial charge in [-0.25, -0.2) is 0 Å². The molecule has 2 rings (SSSR count). The maximum Gasteiger partial charge on any atom is 0.310 e. The molecule has 0 atom stereocenters. The maximum absolute atomic E-state index is 12.1. The summed E-state index contributed by atoms with van der Waals surface area (Å²) in [5, 5.41) is 12.4. The van der Waals surface area contributed by atoms with Gasteiger partial charge in [-0.15, -0.1) is 0 Å². The van der Waals surface area contributed by atoms with E-state index in [2.05, 4.69) is 21.2 Å². The van der Waals surface area contributed by atoms with Crippen LogP contribution in [0.3, 0.4) is 0 Å². The van der Waals surface area contributed by atoms with Crippen LogP contribution in [-0.4, -0.2) is 23.5 Å². The number of carboxylic acids is 1. The van der Waals surface area contributed by atoms with Gasteiger partial charge in [0.25, 0.3) is 5.91 Å². The van der Waals surface area contributed by atoms with Crippen molar-refractivity contribution in [3.63, 3.8) is 0 Å². The Labute approximate surface area is 130 Å². The minimum absolute atomic E-state index is 0.0287. The van der Waals surface area contributed by atoms with Crippen LogP contribution in [0.25, 0.3) is 11.0 Å². The molecular weight excluding hydrogens is 338 g/mol. The van der Waals surface area contributed by atoms with Crippen molar-refractivity contribution in [2.24, 2.45) is 5.41 Å². The fraction of sp³-hybridized carbons (Fsp3) is 0.333. The second kappa shape index (κ2) is 5.52. The largest absolute Gasteiger partial charge is 0.481 e. The summed E-state index contributed by atoms with van der Waals surface area (Å²) < 4.78 is 6.47. The lowest BCUT2D eigenvalue weighted by Crippen LogP contribution is -2.38. The van der Waals surface area contributed by atoms with Crippen LogP contribution in [0.15, 0.2) is 27.1 Å². The van der Waals surface area contributed by atoms with Gasteiger partial charge in [-0.05, 0) is 44.5 Å². The van der Waals surface area contributed by atoms with Crippen LogP contribution in [0.2, 0.25) is 0 Å². The summed E-state index contributed by atoms with van der Waals surface area (Å²) in [7, 11) is 0. The van der Waals surface area contributed by atoms with Gasteiger partial charge in [-0.3, -0.25) is 9.59 Å². The highest BCUT2D eigenvalue weighted by Crippen LogP contribution is 2.27. The summed E-state index contributed by atoms with van der Waals surface area (Å²) in [4.78, 5) is 23.1. The van der Waals surface area contributed by atoms with Crippen LogP contribution >= 0.6 is 15.9 Å². The molecule has 0 bridgehead atoms. The molecule has 0 saturated carbocycles. The van der Waals surface area contributed by atoms with Crippen LogP contribution in [0.5, 0.6) is 0 Å². The monoisotopic (exact) mass is 353 g/mol. The summed E-state index contributed by atoms with van der Waals surface area (Å²) in [5.74, 6) is -1.21. The quantitative estimate of drug-likeness (QED) is 0.883. The highest BCUT2D eigenvalue weighted by atomic mass is 79.9. The maximum atomic E-state index is 12.1. The van der Waals surface area contributed by atoms with Crippen molar-refractivity contribution < 1.29 is 19.1 Å². The summed E-state index contributed by atoms with van der Waals surface area (Å²) in [6.07, 6.45) is 0. The van der Waals surface area contributed by atoms with Gasteiger partial charge >= 0.3 is 5.97 Å². The van der Waals surface area contributed by atoms with Crippen molar-refractivity contribution in [2.45, 2.75) is 20.8 Å². The number of amides is 1. The van der Waals surface area contributed by atoms with Gasteiger partial charge in [0, 0.05) is 16.4 Å². The Balaban J connectivity index is 2.21. The normalized spacial score (nSPS) is 11.6. The predicted molar refractivity (Wildman–Crippen MR) is 82.4 cm³/mol. The standard InChI is InChI=1S/C15H16BrNO4/c1-8-4-10(16)5-9-6-11(21-12(8)9)13(18)17-7-15(2,3)14(19)20/h4-6H,7H2,1-3H3,(H,17,18)(H,19,20). The van der Waals surface area contributed by atoms with E-state index < -0.39 is 17.3 Å². The summed E-state index contributed by atoms with van der Waals surface area (Å²) in [6, 6.07) is 5.42. The van der Waals surface area contributed by atoms with E-state index in [1.54, 1.807) is 19.9 Å². The molecular formula is C15H16BrNO4. The van der Waals surface area contributed by atoms with Crippen molar-refractivity contribution in [3.05, 3.63) is 34.0 Å². The van der Waals surface area contributed by atoms with Crippen LogP contribution < -0.4 is 5.32 Å². The van der Waals surface area contributed by atoms with Crippen LogP contribution in [0.1, 0.15) is 30.0 Å². The second-order valence-corrected chi connectivity index (χ2v) is 6.54.